The van der Waals surface area contributed by atoms with Gasteiger partial charge >= 0.3 is 0 Å². The number of rotatable bonds is 5. The lowest BCUT2D eigenvalue weighted by Crippen LogP contribution is -2.58. The topological polar surface area (TPSA) is 93.8 Å². The van der Waals surface area contributed by atoms with E-state index >= 15 is 0 Å². The molecule has 1 aliphatic rings. The molecule has 4 atom stereocenters. The summed E-state index contributed by atoms with van der Waals surface area (Å²) < 4.78 is 10.8. The van der Waals surface area contributed by atoms with Crippen molar-refractivity contribution in [3.8, 4) is 0 Å². The second-order valence-corrected chi connectivity index (χ2v) is 6.26. The van der Waals surface area contributed by atoms with Crippen molar-refractivity contribution in [2.75, 3.05) is 13.7 Å². The first-order valence-electron chi connectivity index (χ1n) is 7.44. The zero-order chi connectivity index (χ0) is 17.7. The van der Waals surface area contributed by atoms with Gasteiger partial charge in [-0.3, -0.25) is 4.79 Å². The fraction of sp³-hybridized carbons (Fsp3) is 0.438. The number of halogens is 2. The fourth-order valence-electron chi connectivity index (χ4n) is 2.45. The molecule has 2 rings (SSSR count). The van der Waals surface area contributed by atoms with E-state index in [9.17, 15) is 9.90 Å². The van der Waals surface area contributed by atoms with Crippen molar-refractivity contribution in [3.63, 3.8) is 0 Å². The van der Waals surface area contributed by atoms with Crippen LogP contribution in [0.15, 0.2) is 24.3 Å². The van der Waals surface area contributed by atoms with Gasteiger partial charge in [-0.2, -0.15) is 0 Å². The minimum Gasteiger partial charge on any atom is -0.391 e. The summed E-state index contributed by atoms with van der Waals surface area (Å²) in [6.45, 7) is 0.273. The van der Waals surface area contributed by atoms with Gasteiger partial charge in [-0.05, 0) is 23.8 Å². The maximum Gasteiger partial charge on any atom is 0.244 e. The van der Waals surface area contributed by atoms with E-state index in [0.29, 0.717) is 16.5 Å². The van der Waals surface area contributed by atoms with E-state index in [1.54, 1.807) is 24.3 Å². The molecule has 1 aromatic rings. The number of aliphatic hydroxyl groups is 1. The number of hydrogen-bond donors (Lipinski definition) is 3. The molecule has 0 aliphatic carbocycles. The van der Waals surface area contributed by atoms with Crippen LogP contribution in [0.1, 0.15) is 12.0 Å². The van der Waals surface area contributed by atoms with Gasteiger partial charge in [-0.1, -0.05) is 29.3 Å². The molecular formula is C16H20Cl2N2O4. The Balaban J connectivity index is 1.99. The fourth-order valence-corrected chi connectivity index (χ4v) is 2.75. The van der Waals surface area contributed by atoms with Gasteiger partial charge in [-0.25, -0.2) is 0 Å². The van der Waals surface area contributed by atoms with Crippen LogP contribution < -0.4 is 11.1 Å². The molecule has 0 spiro atoms. The van der Waals surface area contributed by atoms with Gasteiger partial charge in [0, 0.05) is 26.2 Å². The first kappa shape index (κ1) is 19.2. The third-order valence-corrected chi connectivity index (χ3v) is 4.45. The lowest BCUT2D eigenvalue weighted by molar-refractivity contribution is -0.217. The summed E-state index contributed by atoms with van der Waals surface area (Å²) in [5.41, 5.74) is 6.28. The Bertz CT molecular complexity index is 612. The van der Waals surface area contributed by atoms with Crippen molar-refractivity contribution >= 4 is 35.2 Å². The van der Waals surface area contributed by atoms with Gasteiger partial charge in [0.15, 0.2) is 6.29 Å². The molecule has 24 heavy (non-hydrogen) atoms. The molecule has 1 unspecified atom stereocenters. The largest absolute Gasteiger partial charge is 0.391 e. The number of nitrogens with one attached hydrogen (secondary N) is 1. The Labute approximate surface area is 150 Å². The van der Waals surface area contributed by atoms with E-state index in [1.165, 1.54) is 13.2 Å². The lowest BCUT2D eigenvalue weighted by Gasteiger charge is -2.38. The number of nitrogens with two attached hydrogens (primary N) is 1. The molecule has 0 saturated carbocycles. The molecule has 8 heteroatoms. The summed E-state index contributed by atoms with van der Waals surface area (Å²) >= 11 is 11.8. The first-order valence-corrected chi connectivity index (χ1v) is 8.20. The van der Waals surface area contributed by atoms with Crippen LogP contribution in [-0.4, -0.2) is 49.2 Å². The summed E-state index contributed by atoms with van der Waals surface area (Å²) in [6.07, 6.45) is 1.40. The molecule has 0 radical (unpaired) electrons. The monoisotopic (exact) mass is 374 g/mol. The summed E-state index contributed by atoms with van der Waals surface area (Å²) in [5.74, 6) is -0.387. The van der Waals surface area contributed by atoms with Gasteiger partial charge in [0.1, 0.15) is 6.04 Å². The highest BCUT2D eigenvalue weighted by atomic mass is 35.5. The van der Waals surface area contributed by atoms with Crippen LogP contribution in [-0.2, 0) is 14.3 Å². The third kappa shape index (κ3) is 4.92. The molecule has 0 bridgehead atoms. The molecule has 1 saturated heterocycles. The van der Waals surface area contributed by atoms with Crippen molar-refractivity contribution < 1.29 is 19.4 Å². The molecule has 1 heterocycles. The minimum absolute atomic E-state index is 0.273. The molecule has 6 nitrogen and oxygen atoms in total. The van der Waals surface area contributed by atoms with Crippen molar-refractivity contribution in [2.45, 2.75) is 31.0 Å². The molecule has 1 amide bonds. The molecule has 4 N–H and O–H groups in total. The number of amides is 1. The number of aliphatic hydroxyl groups excluding tert-OH is 1. The molecule has 1 aromatic carbocycles. The maximum absolute atomic E-state index is 12.1. The smallest absolute Gasteiger partial charge is 0.244 e. The quantitative estimate of drug-likeness (QED) is 0.680. The van der Waals surface area contributed by atoms with Crippen LogP contribution in [0.4, 0.5) is 0 Å². The van der Waals surface area contributed by atoms with E-state index in [4.69, 9.17) is 38.4 Å². The molecular weight excluding hydrogens is 355 g/mol. The summed E-state index contributed by atoms with van der Waals surface area (Å²) in [4.78, 5) is 12.1. The average molecular weight is 375 g/mol. The number of benzene rings is 1. The predicted molar refractivity (Wildman–Crippen MR) is 92.8 cm³/mol. The van der Waals surface area contributed by atoms with Crippen molar-refractivity contribution in [1.82, 2.24) is 5.32 Å². The highest BCUT2D eigenvalue weighted by Gasteiger charge is 2.38. The number of ether oxygens (including phenoxy) is 2. The minimum atomic E-state index is -0.806. The van der Waals surface area contributed by atoms with Gasteiger partial charge in [0.05, 0.1) is 22.3 Å². The van der Waals surface area contributed by atoms with Gasteiger partial charge < -0.3 is 25.6 Å². The van der Waals surface area contributed by atoms with Crippen LogP contribution >= 0.6 is 23.2 Å². The zero-order valence-electron chi connectivity index (χ0n) is 13.1. The molecule has 1 fully saturated rings. The summed E-state index contributed by atoms with van der Waals surface area (Å²) in [7, 11) is 1.45. The standard InChI is InChI=1S/C16H20Cl2N2O4/c1-23-16-15(13(21)7-10(8-19)24-16)20-14(22)5-3-9-2-4-11(17)12(18)6-9/h2-6,10,13,15-16,21H,7-8,19H2,1H3,(H,20,22)/b5-3+/t10-,13-,15+,16?/m0/s1. The van der Waals surface area contributed by atoms with Crippen molar-refractivity contribution in [1.29, 1.82) is 0 Å². The van der Waals surface area contributed by atoms with Crippen molar-refractivity contribution in [2.24, 2.45) is 5.73 Å². The Morgan fingerprint density at radius 2 is 2.25 bits per heavy atom. The van der Waals surface area contributed by atoms with Crippen LogP contribution in [0.3, 0.4) is 0 Å². The van der Waals surface area contributed by atoms with Crippen LogP contribution in [0.5, 0.6) is 0 Å². The lowest BCUT2D eigenvalue weighted by atomic mass is 10.00. The Morgan fingerprint density at radius 3 is 2.88 bits per heavy atom. The number of carbonyl (C=O) groups is 1. The van der Waals surface area contributed by atoms with E-state index in [0.717, 1.165) is 5.56 Å². The predicted octanol–water partition coefficient (Wildman–Crippen LogP) is 1.57. The second-order valence-electron chi connectivity index (χ2n) is 5.44. The van der Waals surface area contributed by atoms with Gasteiger partial charge in [0.25, 0.3) is 0 Å². The van der Waals surface area contributed by atoms with Crippen LogP contribution in [0.25, 0.3) is 6.08 Å². The average Bonchev–Trinajstić information content (AvgIpc) is 2.57. The van der Waals surface area contributed by atoms with Crippen LogP contribution in [0, 0.1) is 0 Å². The number of methoxy groups -OCH3 is 1. The summed E-state index contributed by atoms with van der Waals surface area (Å²) in [6, 6.07) is 4.36. The summed E-state index contributed by atoms with van der Waals surface area (Å²) in [5, 5.41) is 13.7. The van der Waals surface area contributed by atoms with Crippen molar-refractivity contribution in [3.05, 3.63) is 39.9 Å². The highest BCUT2D eigenvalue weighted by Crippen LogP contribution is 2.23. The van der Waals surface area contributed by atoms with Gasteiger partial charge in [0.2, 0.25) is 5.91 Å². The molecule has 132 valence electrons. The van der Waals surface area contributed by atoms with Gasteiger partial charge in [-0.15, -0.1) is 0 Å². The Kier molecular flexibility index (Phi) is 7.03. The molecule has 1 aliphatic heterocycles. The Morgan fingerprint density at radius 1 is 1.50 bits per heavy atom. The number of hydrogen-bond acceptors (Lipinski definition) is 5. The Hall–Kier alpha value is -1.15. The zero-order valence-corrected chi connectivity index (χ0v) is 14.6. The van der Waals surface area contributed by atoms with E-state index < -0.39 is 18.4 Å². The normalized spacial score (nSPS) is 27.4. The SMILES string of the molecule is COC1O[C@H](CN)C[C@H](O)[C@H]1NC(=O)/C=C/c1ccc(Cl)c(Cl)c1. The van der Waals surface area contributed by atoms with E-state index in [-0.39, 0.29) is 18.6 Å². The second kappa shape index (κ2) is 8.80. The molecule has 0 aromatic heterocycles. The highest BCUT2D eigenvalue weighted by molar-refractivity contribution is 6.42. The number of carbonyl (C=O) groups excluding carboxylic acids is 1. The van der Waals surface area contributed by atoms with Crippen LogP contribution in [0.2, 0.25) is 10.0 Å². The third-order valence-electron chi connectivity index (χ3n) is 3.71. The maximum atomic E-state index is 12.1. The van der Waals surface area contributed by atoms with E-state index in [2.05, 4.69) is 5.32 Å². The first-order chi connectivity index (χ1) is 11.4. The van der Waals surface area contributed by atoms with E-state index in [1.807, 2.05) is 0 Å².